The van der Waals surface area contributed by atoms with Gasteiger partial charge >= 0.3 is 0 Å². The summed E-state index contributed by atoms with van der Waals surface area (Å²) in [6, 6.07) is 11.0. The van der Waals surface area contributed by atoms with E-state index in [-0.39, 0.29) is 11.7 Å². The third-order valence-electron chi connectivity index (χ3n) is 3.58. The van der Waals surface area contributed by atoms with Gasteiger partial charge in [0.2, 0.25) is 0 Å². The highest BCUT2D eigenvalue weighted by atomic mass is 16.2. The smallest absolute Gasteiger partial charge is 0.252 e. The molecule has 0 saturated carbocycles. The van der Waals surface area contributed by atoms with E-state index in [9.17, 15) is 9.59 Å². The molecule has 0 aromatic heterocycles. The topological polar surface area (TPSA) is 49.4 Å². The lowest BCUT2D eigenvalue weighted by molar-refractivity contribution is -0.118. The summed E-state index contributed by atoms with van der Waals surface area (Å²) in [6.45, 7) is 3.16. The average Bonchev–Trinajstić information content (AvgIpc) is 2.45. The SMILES string of the molecule is CC(=O)[C@H](C)NC(=O)c1ccc(N(C)C)c2ccccc12. The van der Waals surface area contributed by atoms with Crippen molar-refractivity contribution in [2.45, 2.75) is 19.9 Å². The molecule has 110 valence electrons. The molecule has 21 heavy (non-hydrogen) atoms. The van der Waals surface area contributed by atoms with E-state index in [4.69, 9.17) is 0 Å². The van der Waals surface area contributed by atoms with Crippen LogP contribution in [0.3, 0.4) is 0 Å². The summed E-state index contributed by atoms with van der Waals surface area (Å²) in [6.07, 6.45) is 0. The normalized spacial score (nSPS) is 12.0. The first-order chi connectivity index (χ1) is 9.91. The van der Waals surface area contributed by atoms with Gasteiger partial charge in [0.05, 0.1) is 6.04 Å². The fraction of sp³-hybridized carbons (Fsp3) is 0.294. The zero-order valence-corrected chi connectivity index (χ0v) is 12.8. The lowest BCUT2D eigenvalue weighted by Crippen LogP contribution is -2.37. The van der Waals surface area contributed by atoms with Crippen molar-refractivity contribution < 1.29 is 9.59 Å². The number of hydrogen-bond donors (Lipinski definition) is 1. The van der Waals surface area contributed by atoms with E-state index in [2.05, 4.69) is 5.32 Å². The molecule has 2 aromatic carbocycles. The Morgan fingerprint density at radius 1 is 1.05 bits per heavy atom. The molecule has 0 bridgehead atoms. The first-order valence-corrected chi connectivity index (χ1v) is 6.92. The van der Waals surface area contributed by atoms with Crippen LogP contribution < -0.4 is 10.2 Å². The standard InChI is InChI=1S/C17H20N2O2/c1-11(12(2)20)18-17(21)15-9-10-16(19(3)4)14-8-6-5-7-13(14)15/h5-11H,1-4H3,(H,18,21)/t11-/m0/s1. The summed E-state index contributed by atoms with van der Waals surface area (Å²) >= 11 is 0. The van der Waals surface area contributed by atoms with Crippen molar-refractivity contribution in [1.82, 2.24) is 5.32 Å². The van der Waals surface area contributed by atoms with Gasteiger partial charge in [-0.1, -0.05) is 24.3 Å². The molecule has 4 heteroatoms. The van der Waals surface area contributed by atoms with Crippen LogP contribution in [0.15, 0.2) is 36.4 Å². The van der Waals surface area contributed by atoms with Crippen molar-refractivity contribution in [2.75, 3.05) is 19.0 Å². The van der Waals surface area contributed by atoms with E-state index in [1.165, 1.54) is 6.92 Å². The van der Waals surface area contributed by atoms with Gasteiger partial charge in [-0.15, -0.1) is 0 Å². The van der Waals surface area contributed by atoms with Gasteiger partial charge in [0.15, 0.2) is 5.78 Å². The Kier molecular flexibility index (Phi) is 4.26. The second-order valence-corrected chi connectivity index (χ2v) is 5.38. The van der Waals surface area contributed by atoms with E-state index < -0.39 is 6.04 Å². The molecule has 0 saturated heterocycles. The maximum absolute atomic E-state index is 12.4. The summed E-state index contributed by atoms with van der Waals surface area (Å²) < 4.78 is 0. The van der Waals surface area contributed by atoms with Gasteiger partial charge in [-0.25, -0.2) is 0 Å². The van der Waals surface area contributed by atoms with Crippen molar-refractivity contribution >= 4 is 28.2 Å². The number of Topliss-reactive ketones (excluding diaryl/α,β-unsaturated/α-hetero) is 1. The van der Waals surface area contributed by atoms with Gasteiger partial charge in [-0.05, 0) is 31.4 Å². The molecular weight excluding hydrogens is 264 g/mol. The van der Waals surface area contributed by atoms with Crippen LogP contribution in [-0.4, -0.2) is 31.8 Å². The molecular formula is C17H20N2O2. The van der Waals surface area contributed by atoms with Gasteiger partial charge in [0.25, 0.3) is 5.91 Å². The minimum absolute atomic E-state index is 0.0578. The summed E-state index contributed by atoms with van der Waals surface area (Å²) in [5, 5.41) is 4.64. The maximum Gasteiger partial charge on any atom is 0.252 e. The number of amides is 1. The largest absolute Gasteiger partial charge is 0.377 e. The van der Waals surface area contributed by atoms with Crippen LogP contribution in [0.5, 0.6) is 0 Å². The molecule has 0 unspecified atom stereocenters. The Hall–Kier alpha value is -2.36. The van der Waals surface area contributed by atoms with Crippen molar-refractivity contribution in [1.29, 1.82) is 0 Å². The number of nitrogens with one attached hydrogen (secondary N) is 1. The number of fused-ring (bicyclic) bond motifs is 1. The van der Waals surface area contributed by atoms with E-state index in [1.54, 1.807) is 13.0 Å². The average molecular weight is 284 g/mol. The minimum Gasteiger partial charge on any atom is -0.377 e. The van der Waals surface area contributed by atoms with Gasteiger partial charge in [-0.2, -0.15) is 0 Å². The summed E-state index contributed by atoms with van der Waals surface area (Å²) in [4.78, 5) is 25.7. The molecule has 0 spiro atoms. The molecule has 1 amide bonds. The number of rotatable bonds is 4. The molecule has 0 aliphatic carbocycles. The predicted molar refractivity (Wildman–Crippen MR) is 85.9 cm³/mol. The summed E-state index contributed by atoms with van der Waals surface area (Å²) in [5.74, 6) is -0.281. The molecule has 4 nitrogen and oxygen atoms in total. The van der Waals surface area contributed by atoms with Gasteiger partial charge in [-0.3, -0.25) is 9.59 Å². The van der Waals surface area contributed by atoms with Crippen LogP contribution in [-0.2, 0) is 4.79 Å². The van der Waals surface area contributed by atoms with Crippen molar-refractivity contribution in [3.63, 3.8) is 0 Å². The molecule has 1 atom stereocenters. The zero-order valence-electron chi connectivity index (χ0n) is 12.8. The quantitative estimate of drug-likeness (QED) is 0.939. The number of anilines is 1. The van der Waals surface area contributed by atoms with Crippen molar-refractivity contribution in [3.05, 3.63) is 42.0 Å². The maximum atomic E-state index is 12.4. The number of benzene rings is 2. The van der Waals surface area contributed by atoms with E-state index in [1.807, 2.05) is 49.3 Å². The van der Waals surface area contributed by atoms with Gasteiger partial charge in [0.1, 0.15) is 0 Å². The number of ketones is 1. The number of carbonyl (C=O) groups excluding carboxylic acids is 2. The molecule has 0 aliphatic heterocycles. The van der Waals surface area contributed by atoms with Crippen LogP contribution >= 0.6 is 0 Å². The Morgan fingerprint density at radius 3 is 2.24 bits per heavy atom. The van der Waals surface area contributed by atoms with Crippen LogP contribution in [0, 0.1) is 0 Å². The third kappa shape index (κ3) is 3.05. The van der Waals surface area contributed by atoms with E-state index in [0.29, 0.717) is 5.56 Å². The number of nitrogens with zero attached hydrogens (tertiary/aromatic N) is 1. The minimum atomic E-state index is -0.482. The first kappa shape index (κ1) is 15.0. The molecule has 0 fully saturated rings. The Bertz CT molecular complexity index is 692. The molecule has 0 radical (unpaired) electrons. The van der Waals surface area contributed by atoms with Crippen molar-refractivity contribution in [3.8, 4) is 0 Å². The fourth-order valence-electron chi connectivity index (χ4n) is 2.25. The number of carbonyl (C=O) groups is 2. The second-order valence-electron chi connectivity index (χ2n) is 5.38. The van der Waals surface area contributed by atoms with E-state index in [0.717, 1.165) is 16.5 Å². The molecule has 0 aliphatic rings. The summed E-state index contributed by atoms with van der Waals surface area (Å²) in [5.41, 5.74) is 1.64. The van der Waals surface area contributed by atoms with Gasteiger partial charge in [0, 0.05) is 30.7 Å². The van der Waals surface area contributed by atoms with Crippen LogP contribution in [0.4, 0.5) is 5.69 Å². The Balaban J connectivity index is 2.48. The fourth-order valence-corrected chi connectivity index (χ4v) is 2.25. The third-order valence-corrected chi connectivity index (χ3v) is 3.58. The first-order valence-electron chi connectivity index (χ1n) is 6.92. The van der Waals surface area contributed by atoms with Crippen LogP contribution in [0.1, 0.15) is 24.2 Å². The van der Waals surface area contributed by atoms with E-state index >= 15 is 0 Å². The Morgan fingerprint density at radius 2 is 1.67 bits per heavy atom. The zero-order chi connectivity index (χ0) is 15.6. The number of hydrogen-bond acceptors (Lipinski definition) is 3. The van der Waals surface area contributed by atoms with Crippen molar-refractivity contribution in [2.24, 2.45) is 0 Å². The predicted octanol–water partition coefficient (Wildman–Crippen LogP) is 2.61. The molecule has 2 aromatic rings. The monoisotopic (exact) mass is 284 g/mol. The summed E-state index contributed by atoms with van der Waals surface area (Å²) in [7, 11) is 3.94. The molecule has 2 rings (SSSR count). The van der Waals surface area contributed by atoms with Crippen LogP contribution in [0.25, 0.3) is 10.8 Å². The molecule has 0 heterocycles. The van der Waals surface area contributed by atoms with Crippen LogP contribution in [0.2, 0.25) is 0 Å². The highest BCUT2D eigenvalue weighted by Gasteiger charge is 2.16. The Labute approximate surface area is 124 Å². The second kappa shape index (κ2) is 5.95. The molecule has 1 N–H and O–H groups in total. The highest BCUT2D eigenvalue weighted by Crippen LogP contribution is 2.28. The lowest BCUT2D eigenvalue weighted by Gasteiger charge is -2.18. The lowest BCUT2D eigenvalue weighted by atomic mass is 10.0. The van der Waals surface area contributed by atoms with Gasteiger partial charge < -0.3 is 10.2 Å². The highest BCUT2D eigenvalue weighted by molar-refractivity contribution is 6.11.